The molecule has 0 aliphatic heterocycles. The molecule has 0 saturated carbocycles. The van der Waals surface area contributed by atoms with E-state index in [4.69, 9.17) is 33.0 Å². The Labute approximate surface area is 134 Å². The number of amides is 1. The second-order valence-electron chi connectivity index (χ2n) is 3.91. The van der Waals surface area contributed by atoms with Crippen LogP contribution in [0.1, 0.15) is 20.7 Å². The number of rotatable bonds is 4. The van der Waals surface area contributed by atoms with Crippen LogP contribution < -0.4 is 10.1 Å². The van der Waals surface area contributed by atoms with Crippen LogP contribution in [0.15, 0.2) is 24.3 Å². The van der Waals surface area contributed by atoms with Crippen molar-refractivity contribution in [1.29, 1.82) is 0 Å². The number of ether oxygens (including phenoxy) is 1. The van der Waals surface area contributed by atoms with Crippen molar-refractivity contribution in [1.82, 2.24) is 0 Å². The number of nitrogens with one attached hydrogen (secondary N) is 1. The number of carbonyl (C=O) groups is 2. The fraction of sp³-hybridized carbons (Fsp3) is 0.0769. The van der Waals surface area contributed by atoms with Crippen LogP contribution >= 0.6 is 34.5 Å². The van der Waals surface area contributed by atoms with E-state index < -0.39 is 11.9 Å². The van der Waals surface area contributed by atoms with Gasteiger partial charge in [0, 0.05) is 0 Å². The zero-order chi connectivity index (χ0) is 15.6. The molecule has 0 aliphatic carbocycles. The predicted octanol–water partition coefficient (Wildman–Crippen LogP) is 4.01. The lowest BCUT2D eigenvalue weighted by atomic mass is 10.2. The summed E-state index contributed by atoms with van der Waals surface area (Å²) in [5, 5.41) is 11.5. The molecule has 2 aromatic rings. The summed E-state index contributed by atoms with van der Waals surface area (Å²) >= 11 is 12.8. The molecule has 2 N–H and O–H groups in total. The van der Waals surface area contributed by atoms with Crippen molar-refractivity contribution >= 4 is 52.1 Å². The third-order valence-corrected chi connectivity index (χ3v) is 4.08. The van der Waals surface area contributed by atoms with E-state index in [-0.39, 0.29) is 21.2 Å². The van der Waals surface area contributed by atoms with Crippen molar-refractivity contribution in [2.45, 2.75) is 0 Å². The Hall–Kier alpha value is -1.76. The largest absolute Gasteiger partial charge is 0.495 e. The van der Waals surface area contributed by atoms with Crippen molar-refractivity contribution in [3.8, 4) is 5.75 Å². The smallest absolute Gasteiger partial charge is 0.335 e. The molecule has 5 nitrogen and oxygen atoms in total. The highest BCUT2D eigenvalue weighted by atomic mass is 35.5. The van der Waals surface area contributed by atoms with Gasteiger partial charge in [-0.2, -0.15) is 0 Å². The third kappa shape index (κ3) is 3.47. The summed E-state index contributed by atoms with van der Waals surface area (Å²) < 4.78 is 5.73. The molecule has 1 aromatic carbocycles. The highest BCUT2D eigenvalue weighted by molar-refractivity contribution is 7.20. The van der Waals surface area contributed by atoms with Crippen molar-refractivity contribution < 1.29 is 19.4 Å². The zero-order valence-electron chi connectivity index (χ0n) is 10.6. The highest BCUT2D eigenvalue weighted by Gasteiger charge is 2.17. The van der Waals surface area contributed by atoms with Crippen molar-refractivity contribution in [3.05, 3.63) is 44.1 Å². The average Bonchev–Trinajstić information content (AvgIpc) is 2.77. The van der Waals surface area contributed by atoms with Crippen LogP contribution in [0.2, 0.25) is 8.67 Å². The summed E-state index contributed by atoms with van der Waals surface area (Å²) in [6.45, 7) is 0. The maximum atomic E-state index is 12.1. The molecule has 0 aliphatic rings. The summed E-state index contributed by atoms with van der Waals surface area (Å²) in [5.74, 6) is -1.26. The molecule has 0 fully saturated rings. The number of anilines is 1. The first kappa shape index (κ1) is 15.6. The molecular weight excluding hydrogens is 337 g/mol. The summed E-state index contributed by atoms with van der Waals surface area (Å²) in [6.07, 6.45) is 0. The molecule has 2 rings (SSSR count). The van der Waals surface area contributed by atoms with E-state index in [0.29, 0.717) is 10.1 Å². The van der Waals surface area contributed by atoms with E-state index in [1.54, 1.807) is 0 Å². The normalized spacial score (nSPS) is 10.2. The van der Waals surface area contributed by atoms with Gasteiger partial charge in [0.05, 0.1) is 28.3 Å². The Balaban J connectivity index is 2.33. The van der Waals surface area contributed by atoms with Gasteiger partial charge in [-0.1, -0.05) is 23.2 Å². The SMILES string of the molecule is COc1ccc(C(=O)O)cc1NC(=O)c1cc(Cl)sc1Cl. The molecule has 1 amide bonds. The van der Waals surface area contributed by atoms with E-state index >= 15 is 0 Å². The van der Waals surface area contributed by atoms with Crippen LogP contribution in [0.25, 0.3) is 0 Å². The van der Waals surface area contributed by atoms with Gasteiger partial charge in [-0.15, -0.1) is 11.3 Å². The number of thiophene rings is 1. The lowest BCUT2D eigenvalue weighted by Crippen LogP contribution is -2.13. The molecule has 0 spiro atoms. The Morgan fingerprint density at radius 3 is 2.52 bits per heavy atom. The third-order valence-electron chi connectivity index (χ3n) is 2.60. The second-order valence-corrected chi connectivity index (χ2v) is 6.20. The van der Waals surface area contributed by atoms with Gasteiger partial charge in [-0.05, 0) is 24.3 Å². The number of hydrogen-bond acceptors (Lipinski definition) is 4. The molecule has 1 aromatic heterocycles. The van der Waals surface area contributed by atoms with Crippen molar-refractivity contribution in [2.75, 3.05) is 12.4 Å². The molecule has 0 atom stereocenters. The van der Waals surface area contributed by atoms with E-state index in [2.05, 4.69) is 5.32 Å². The second kappa shape index (κ2) is 6.34. The Bertz CT molecular complexity index is 714. The van der Waals surface area contributed by atoms with Crippen LogP contribution in [0, 0.1) is 0 Å². The first-order valence-electron chi connectivity index (χ1n) is 5.60. The number of halogens is 2. The zero-order valence-corrected chi connectivity index (χ0v) is 13.0. The molecule has 1 heterocycles. The van der Waals surface area contributed by atoms with Crippen LogP contribution in [0.4, 0.5) is 5.69 Å². The Morgan fingerprint density at radius 1 is 1.29 bits per heavy atom. The van der Waals surface area contributed by atoms with Crippen LogP contribution in [-0.4, -0.2) is 24.1 Å². The summed E-state index contributed by atoms with van der Waals surface area (Å²) in [6, 6.07) is 5.59. The minimum absolute atomic E-state index is 0.0283. The van der Waals surface area contributed by atoms with Gasteiger partial charge >= 0.3 is 5.97 Å². The topological polar surface area (TPSA) is 75.6 Å². The number of aromatic carboxylic acids is 1. The minimum atomic E-state index is -1.11. The number of methoxy groups -OCH3 is 1. The van der Waals surface area contributed by atoms with E-state index in [1.165, 1.54) is 31.4 Å². The number of carbonyl (C=O) groups excluding carboxylic acids is 1. The molecule has 0 radical (unpaired) electrons. The molecule has 0 saturated heterocycles. The number of benzene rings is 1. The lowest BCUT2D eigenvalue weighted by Gasteiger charge is -2.10. The number of carboxylic acids is 1. The number of carboxylic acid groups (broad SMARTS) is 1. The van der Waals surface area contributed by atoms with E-state index in [0.717, 1.165) is 11.3 Å². The quantitative estimate of drug-likeness (QED) is 0.877. The Morgan fingerprint density at radius 2 is 2.00 bits per heavy atom. The summed E-state index contributed by atoms with van der Waals surface area (Å²) in [5.41, 5.74) is 0.482. The minimum Gasteiger partial charge on any atom is -0.495 e. The summed E-state index contributed by atoms with van der Waals surface area (Å²) in [4.78, 5) is 23.1. The monoisotopic (exact) mass is 345 g/mol. The van der Waals surface area contributed by atoms with Crippen LogP contribution in [-0.2, 0) is 0 Å². The fourth-order valence-electron chi connectivity index (χ4n) is 1.62. The van der Waals surface area contributed by atoms with Crippen molar-refractivity contribution in [2.24, 2.45) is 0 Å². The number of hydrogen-bond donors (Lipinski definition) is 2. The van der Waals surface area contributed by atoms with Gasteiger partial charge in [-0.3, -0.25) is 4.79 Å². The van der Waals surface area contributed by atoms with Crippen molar-refractivity contribution in [3.63, 3.8) is 0 Å². The van der Waals surface area contributed by atoms with Crippen LogP contribution in [0.5, 0.6) is 5.75 Å². The molecule has 110 valence electrons. The first-order valence-corrected chi connectivity index (χ1v) is 7.17. The molecule has 0 bridgehead atoms. The van der Waals surface area contributed by atoms with Gasteiger partial charge in [-0.25, -0.2) is 4.79 Å². The van der Waals surface area contributed by atoms with Crippen LogP contribution in [0.3, 0.4) is 0 Å². The fourth-order valence-corrected chi connectivity index (χ4v) is 3.08. The maximum Gasteiger partial charge on any atom is 0.335 e. The van der Waals surface area contributed by atoms with Gasteiger partial charge < -0.3 is 15.2 Å². The molecule has 0 unspecified atom stereocenters. The first-order chi connectivity index (χ1) is 9.92. The highest BCUT2D eigenvalue weighted by Crippen LogP contribution is 2.33. The van der Waals surface area contributed by atoms with E-state index in [9.17, 15) is 9.59 Å². The predicted molar refractivity (Wildman–Crippen MR) is 82.2 cm³/mol. The van der Waals surface area contributed by atoms with Gasteiger partial charge in [0.2, 0.25) is 0 Å². The van der Waals surface area contributed by atoms with Gasteiger partial charge in [0.1, 0.15) is 10.1 Å². The standard InChI is InChI=1S/C13H9Cl2NO4S/c1-20-9-3-2-6(13(18)19)4-8(9)16-12(17)7-5-10(14)21-11(7)15/h2-5H,1H3,(H,16,17)(H,18,19). The van der Waals surface area contributed by atoms with E-state index in [1.807, 2.05) is 0 Å². The lowest BCUT2D eigenvalue weighted by molar-refractivity contribution is 0.0696. The van der Waals surface area contributed by atoms with Gasteiger partial charge in [0.25, 0.3) is 5.91 Å². The average molecular weight is 346 g/mol. The summed E-state index contributed by atoms with van der Waals surface area (Å²) in [7, 11) is 1.42. The maximum absolute atomic E-state index is 12.1. The van der Waals surface area contributed by atoms with Gasteiger partial charge in [0.15, 0.2) is 0 Å². The molecule has 21 heavy (non-hydrogen) atoms. The molecular formula is C13H9Cl2NO4S. The Kier molecular flexibility index (Phi) is 4.72. The molecule has 8 heteroatoms.